The van der Waals surface area contributed by atoms with Gasteiger partial charge in [0.05, 0.1) is 0 Å². The quantitative estimate of drug-likeness (QED) is 0.0468. The van der Waals surface area contributed by atoms with Gasteiger partial charge in [-0.2, -0.15) is 0 Å². The van der Waals surface area contributed by atoms with Crippen molar-refractivity contribution in [2.75, 3.05) is 32.7 Å². The van der Waals surface area contributed by atoms with E-state index in [2.05, 4.69) is 49.0 Å². The molecule has 0 spiro atoms. The lowest BCUT2D eigenvalue weighted by Gasteiger charge is -2.32. The summed E-state index contributed by atoms with van der Waals surface area (Å²) in [5, 5.41) is 0. The highest BCUT2D eigenvalue weighted by molar-refractivity contribution is 4.78. The first-order valence-corrected chi connectivity index (χ1v) is 22.9. The first-order valence-electron chi connectivity index (χ1n) is 22.9. The minimum atomic E-state index is 0.784. The Labute approximate surface area is 311 Å². The zero-order valence-corrected chi connectivity index (χ0v) is 34.2. The van der Waals surface area contributed by atoms with Crippen LogP contribution in [0, 0.1) is 5.92 Å². The van der Waals surface area contributed by atoms with E-state index in [1.54, 1.807) is 0 Å². The van der Waals surface area contributed by atoms with Crippen molar-refractivity contribution in [1.82, 2.24) is 9.80 Å². The molecule has 1 unspecified atom stereocenters. The molecule has 2 nitrogen and oxygen atoms in total. The van der Waals surface area contributed by atoms with Crippen molar-refractivity contribution in [3.05, 3.63) is 25.3 Å². The van der Waals surface area contributed by atoms with Crippen LogP contribution in [0.5, 0.6) is 0 Å². The summed E-state index contributed by atoms with van der Waals surface area (Å²) in [6.45, 7) is 19.1. The third kappa shape index (κ3) is 29.7. The van der Waals surface area contributed by atoms with E-state index < -0.39 is 0 Å². The van der Waals surface area contributed by atoms with E-state index in [4.69, 9.17) is 0 Å². The molecule has 49 heavy (non-hydrogen) atoms. The summed E-state index contributed by atoms with van der Waals surface area (Å²) < 4.78 is 0. The summed E-state index contributed by atoms with van der Waals surface area (Å²) in [6, 6.07) is 0.784. The molecule has 1 rings (SSSR count). The van der Waals surface area contributed by atoms with Gasteiger partial charge in [0, 0.05) is 12.6 Å². The van der Waals surface area contributed by atoms with Gasteiger partial charge < -0.3 is 9.80 Å². The van der Waals surface area contributed by atoms with Gasteiger partial charge in [-0.15, -0.1) is 13.2 Å². The minimum Gasteiger partial charge on any atom is -0.303 e. The number of allylic oxidation sites excluding steroid dienone is 1. The summed E-state index contributed by atoms with van der Waals surface area (Å²) in [6.07, 6.45) is 52.6. The molecule has 1 atom stereocenters. The Balaban J connectivity index is 2.28. The second kappa shape index (κ2) is 37.2. The summed E-state index contributed by atoms with van der Waals surface area (Å²) in [5.41, 5.74) is 0. The van der Waals surface area contributed by atoms with Gasteiger partial charge in [-0.05, 0) is 83.5 Å². The van der Waals surface area contributed by atoms with E-state index in [-0.39, 0.29) is 0 Å². The monoisotopic (exact) mass is 685 g/mol. The van der Waals surface area contributed by atoms with Gasteiger partial charge in [-0.1, -0.05) is 193 Å². The van der Waals surface area contributed by atoms with Crippen molar-refractivity contribution in [2.45, 2.75) is 238 Å². The SMILES string of the molecule is C=CCCCCCCCCC(CCCCCCCCCCCCC(CCCCCC)CCCCCC)N(CCC=C)CCCN1CCCC1. The molecule has 0 aromatic heterocycles. The van der Waals surface area contributed by atoms with Gasteiger partial charge in [0.1, 0.15) is 0 Å². The van der Waals surface area contributed by atoms with Crippen LogP contribution in [0.1, 0.15) is 232 Å². The molecule has 0 saturated carbocycles. The van der Waals surface area contributed by atoms with E-state index in [0.29, 0.717) is 0 Å². The number of rotatable bonds is 40. The van der Waals surface area contributed by atoms with Crippen molar-refractivity contribution < 1.29 is 0 Å². The highest BCUT2D eigenvalue weighted by Crippen LogP contribution is 2.25. The molecule has 0 N–H and O–H groups in total. The van der Waals surface area contributed by atoms with E-state index in [1.165, 1.54) is 245 Å². The number of hydrogen-bond donors (Lipinski definition) is 0. The van der Waals surface area contributed by atoms with Gasteiger partial charge in [-0.3, -0.25) is 0 Å². The number of nitrogens with zero attached hydrogens (tertiary/aromatic N) is 2. The second-order valence-corrected chi connectivity index (χ2v) is 16.3. The molecule has 0 bridgehead atoms. The van der Waals surface area contributed by atoms with Crippen molar-refractivity contribution in [1.29, 1.82) is 0 Å². The molecule has 1 heterocycles. The third-order valence-corrected chi connectivity index (χ3v) is 11.8. The molecule has 0 aliphatic carbocycles. The van der Waals surface area contributed by atoms with Crippen LogP contribution < -0.4 is 0 Å². The maximum absolute atomic E-state index is 4.08. The first kappa shape index (κ1) is 46.4. The standard InChI is InChI=1S/C47H92N2/c1-5-9-13-16-17-23-26-31-39-47(49(44-12-8-4)45-35-43-48-41-33-34-42-48)40-32-27-24-21-19-18-20-22-25-30-38-46(36-28-14-10-6-2)37-29-15-11-7-3/h5,8,46-47H,1,4,6-7,9-45H2,2-3H3. The molecule has 2 heteroatoms. The molecule has 1 aliphatic heterocycles. The maximum Gasteiger partial charge on any atom is 0.00953 e. The Hall–Kier alpha value is -0.600. The zero-order valence-electron chi connectivity index (χ0n) is 34.2. The first-order chi connectivity index (χ1) is 24.2. The van der Waals surface area contributed by atoms with Crippen LogP contribution in [0.2, 0.25) is 0 Å². The molecule has 0 aromatic carbocycles. The van der Waals surface area contributed by atoms with E-state index in [0.717, 1.165) is 18.4 Å². The van der Waals surface area contributed by atoms with Crippen molar-refractivity contribution >= 4 is 0 Å². The van der Waals surface area contributed by atoms with Gasteiger partial charge in [0.25, 0.3) is 0 Å². The Morgan fingerprint density at radius 1 is 0.469 bits per heavy atom. The van der Waals surface area contributed by atoms with Crippen molar-refractivity contribution in [3.63, 3.8) is 0 Å². The van der Waals surface area contributed by atoms with Gasteiger partial charge in [0.2, 0.25) is 0 Å². The summed E-state index contributed by atoms with van der Waals surface area (Å²) in [7, 11) is 0. The molecule has 0 aromatic rings. The van der Waals surface area contributed by atoms with Crippen LogP contribution in [0.25, 0.3) is 0 Å². The molecule has 1 aliphatic rings. The average Bonchev–Trinajstić information content (AvgIpc) is 3.64. The summed E-state index contributed by atoms with van der Waals surface area (Å²) in [5.74, 6) is 1.02. The molecular formula is C47H92N2. The zero-order chi connectivity index (χ0) is 35.3. The molecule has 1 fully saturated rings. The molecule has 0 radical (unpaired) electrons. The fourth-order valence-electron chi connectivity index (χ4n) is 8.50. The normalized spacial score (nSPS) is 14.4. The number of unbranched alkanes of at least 4 members (excludes halogenated alkanes) is 21. The highest BCUT2D eigenvalue weighted by Gasteiger charge is 2.19. The Morgan fingerprint density at radius 3 is 1.33 bits per heavy atom. The second-order valence-electron chi connectivity index (χ2n) is 16.3. The van der Waals surface area contributed by atoms with E-state index >= 15 is 0 Å². The van der Waals surface area contributed by atoms with E-state index in [9.17, 15) is 0 Å². The summed E-state index contributed by atoms with van der Waals surface area (Å²) in [4.78, 5) is 5.60. The van der Waals surface area contributed by atoms with Crippen LogP contribution in [0.3, 0.4) is 0 Å². The predicted octanol–water partition coefficient (Wildman–Crippen LogP) is 15.3. The van der Waals surface area contributed by atoms with Crippen molar-refractivity contribution in [3.8, 4) is 0 Å². The summed E-state index contributed by atoms with van der Waals surface area (Å²) >= 11 is 0. The van der Waals surface area contributed by atoms with Crippen LogP contribution in [0.15, 0.2) is 25.3 Å². The van der Waals surface area contributed by atoms with Crippen LogP contribution >= 0.6 is 0 Å². The molecule has 0 amide bonds. The van der Waals surface area contributed by atoms with Gasteiger partial charge >= 0.3 is 0 Å². The predicted molar refractivity (Wildman–Crippen MR) is 224 cm³/mol. The lowest BCUT2D eigenvalue weighted by Crippen LogP contribution is -2.38. The maximum atomic E-state index is 4.08. The van der Waals surface area contributed by atoms with Gasteiger partial charge in [-0.25, -0.2) is 0 Å². The highest BCUT2D eigenvalue weighted by atomic mass is 15.2. The lowest BCUT2D eigenvalue weighted by molar-refractivity contribution is 0.163. The van der Waals surface area contributed by atoms with Gasteiger partial charge in [0.15, 0.2) is 0 Å². The Morgan fingerprint density at radius 2 is 0.878 bits per heavy atom. The van der Waals surface area contributed by atoms with E-state index in [1.807, 2.05) is 0 Å². The smallest absolute Gasteiger partial charge is 0.00953 e. The Kier molecular flexibility index (Phi) is 35.2. The number of likely N-dealkylation sites (tertiary alicyclic amines) is 1. The topological polar surface area (TPSA) is 6.48 Å². The fraction of sp³-hybridized carbons (Fsp3) is 0.915. The largest absolute Gasteiger partial charge is 0.303 e. The fourth-order valence-corrected chi connectivity index (χ4v) is 8.50. The third-order valence-electron chi connectivity index (χ3n) is 11.8. The minimum absolute atomic E-state index is 0.784. The molecule has 290 valence electrons. The van der Waals surface area contributed by atoms with Crippen LogP contribution in [-0.4, -0.2) is 48.6 Å². The molecular weight excluding hydrogens is 593 g/mol. The van der Waals surface area contributed by atoms with Crippen LogP contribution in [0.4, 0.5) is 0 Å². The lowest BCUT2D eigenvalue weighted by atomic mass is 9.89. The Bertz CT molecular complexity index is 655. The molecule has 1 saturated heterocycles. The van der Waals surface area contributed by atoms with Crippen molar-refractivity contribution in [2.24, 2.45) is 5.92 Å². The average molecular weight is 685 g/mol. The number of hydrogen-bond acceptors (Lipinski definition) is 2. The van der Waals surface area contributed by atoms with Crippen LogP contribution in [-0.2, 0) is 0 Å².